The summed E-state index contributed by atoms with van der Waals surface area (Å²) in [6, 6.07) is 22.0. The van der Waals surface area contributed by atoms with E-state index in [4.69, 9.17) is 5.73 Å². The lowest BCUT2D eigenvalue weighted by Gasteiger charge is -2.26. The van der Waals surface area contributed by atoms with Gasteiger partial charge >= 0.3 is 0 Å². The molecule has 5 rings (SSSR count). The van der Waals surface area contributed by atoms with Crippen molar-refractivity contribution >= 4 is 44.6 Å². The number of Topliss-reactive ketones (excluding diaryl/α,β-unsaturated/α-hetero) is 1. The lowest BCUT2D eigenvalue weighted by Crippen LogP contribution is -2.30. The zero-order valence-electron chi connectivity index (χ0n) is 20.9. The number of nitrogens with zero attached hydrogens (tertiary/aromatic N) is 2. The number of rotatable bonds is 10. The Labute approximate surface area is 221 Å². The average Bonchev–Trinajstić information content (AvgIpc) is 3.32. The number of nitrogens with two attached hydrogens (primary N) is 1. The summed E-state index contributed by atoms with van der Waals surface area (Å²) in [7, 11) is 0. The maximum atomic E-state index is 13.0. The van der Waals surface area contributed by atoms with Crippen molar-refractivity contribution in [1.29, 1.82) is 0 Å². The van der Waals surface area contributed by atoms with Gasteiger partial charge in [0.15, 0.2) is 10.9 Å². The number of likely N-dealkylation sites (tertiary alicyclic amines) is 1. The highest BCUT2D eigenvalue weighted by molar-refractivity contribution is 7.16. The van der Waals surface area contributed by atoms with Gasteiger partial charge in [-0.25, -0.2) is 4.98 Å². The summed E-state index contributed by atoms with van der Waals surface area (Å²) >= 11 is 1.29. The molecule has 0 saturated carbocycles. The smallest absolute Gasteiger partial charge is 0.268 e. The molecule has 1 amide bonds. The van der Waals surface area contributed by atoms with Gasteiger partial charge in [-0.15, -0.1) is 11.3 Å². The number of anilines is 2. The van der Waals surface area contributed by atoms with Crippen molar-refractivity contribution in [3.63, 3.8) is 0 Å². The number of primary amides is 1. The normalized spacial score (nSPS) is 14.1. The molecule has 1 aliphatic heterocycles. The molecule has 2 heterocycles. The van der Waals surface area contributed by atoms with Gasteiger partial charge < -0.3 is 16.0 Å². The van der Waals surface area contributed by atoms with E-state index in [9.17, 15) is 9.59 Å². The van der Waals surface area contributed by atoms with Crippen molar-refractivity contribution in [3.8, 4) is 0 Å². The first kappa shape index (κ1) is 25.1. The summed E-state index contributed by atoms with van der Waals surface area (Å²) < 4.78 is 0. The minimum Gasteiger partial charge on any atom is -0.364 e. The number of ketones is 1. The summed E-state index contributed by atoms with van der Waals surface area (Å²) in [5, 5.41) is 6.04. The zero-order chi connectivity index (χ0) is 25.6. The van der Waals surface area contributed by atoms with E-state index in [1.807, 2.05) is 60.7 Å². The van der Waals surface area contributed by atoms with Gasteiger partial charge in [-0.05, 0) is 73.8 Å². The number of carbonyl (C=O) groups excluding carboxylic acids is 2. The number of piperidine rings is 1. The van der Waals surface area contributed by atoms with Crippen molar-refractivity contribution in [2.45, 2.75) is 38.5 Å². The number of thiazole rings is 1. The van der Waals surface area contributed by atoms with Crippen molar-refractivity contribution in [2.75, 3.05) is 25.0 Å². The monoisotopic (exact) mass is 512 g/mol. The quantitative estimate of drug-likeness (QED) is 0.255. The fourth-order valence-corrected chi connectivity index (χ4v) is 5.89. The second kappa shape index (κ2) is 11.7. The van der Waals surface area contributed by atoms with Crippen LogP contribution in [0.5, 0.6) is 0 Å². The number of benzene rings is 3. The molecule has 0 unspecified atom stereocenters. The lowest BCUT2D eigenvalue weighted by molar-refractivity contribution is 0.0991. The number of hydrogen-bond donors (Lipinski definition) is 2. The van der Waals surface area contributed by atoms with Crippen molar-refractivity contribution in [2.24, 2.45) is 5.73 Å². The van der Waals surface area contributed by atoms with Gasteiger partial charge in [0.25, 0.3) is 5.91 Å². The van der Waals surface area contributed by atoms with Gasteiger partial charge in [0.1, 0.15) is 5.69 Å². The number of fused-ring (bicyclic) bond motifs is 1. The van der Waals surface area contributed by atoms with Gasteiger partial charge in [0, 0.05) is 22.5 Å². The molecule has 1 aromatic heterocycles. The van der Waals surface area contributed by atoms with E-state index in [2.05, 4.69) is 21.3 Å². The van der Waals surface area contributed by atoms with Gasteiger partial charge in [-0.2, -0.15) is 0 Å². The number of hydrogen-bond acceptors (Lipinski definition) is 6. The summed E-state index contributed by atoms with van der Waals surface area (Å²) in [4.78, 5) is 32.6. The van der Waals surface area contributed by atoms with Crippen LogP contribution in [0.3, 0.4) is 0 Å². The van der Waals surface area contributed by atoms with Crippen LogP contribution < -0.4 is 11.1 Å². The third kappa shape index (κ3) is 6.42. The third-order valence-electron chi connectivity index (χ3n) is 6.92. The first-order valence-electron chi connectivity index (χ1n) is 12.9. The van der Waals surface area contributed by atoms with Gasteiger partial charge in [-0.3, -0.25) is 9.59 Å². The Kier molecular flexibility index (Phi) is 7.92. The number of nitrogens with one attached hydrogen (secondary N) is 1. The van der Waals surface area contributed by atoms with E-state index >= 15 is 0 Å². The van der Waals surface area contributed by atoms with Crippen LogP contribution in [0, 0.1) is 0 Å². The van der Waals surface area contributed by atoms with E-state index < -0.39 is 5.91 Å². The molecule has 0 aliphatic carbocycles. The maximum absolute atomic E-state index is 13.0. The molecule has 0 radical (unpaired) electrons. The molecule has 190 valence electrons. The Morgan fingerprint density at radius 1 is 0.946 bits per heavy atom. The highest BCUT2D eigenvalue weighted by atomic mass is 32.1. The predicted molar refractivity (Wildman–Crippen MR) is 151 cm³/mol. The third-order valence-corrected chi connectivity index (χ3v) is 7.89. The van der Waals surface area contributed by atoms with Crippen LogP contribution in [0.1, 0.15) is 57.0 Å². The minimum absolute atomic E-state index is 0.0525. The fourth-order valence-electron chi connectivity index (χ4n) is 4.90. The summed E-state index contributed by atoms with van der Waals surface area (Å²) in [6.45, 7) is 3.58. The van der Waals surface area contributed by atoms with Crippen LogP contribution >= 0.6 is 11.3 Å². The van der Waals surface area contributed by atoms with Crippen molar-refractivity contribution < 1.29 is 9.59 Å². The molecule has 0 atom stereocenters. The highest BCUT2D eigenvalue weighted by Gasteiger charge is 2.20. The van der Waals surface area contributed by atoms with Gasteiger partial charge in [0.05, 0.1) is 0 Å². The fraction of sp³-hybridized carbons (Fsp3) is 0.300. The van der Waals surface area contributed by atoms with Crippen LogP contribution in [-0.4, -0.2) is 41.2 Å². The average molecular weight is 513 g/mol. The van der Waals surface area contributed by atoms with Crippen molar-refractivity contribution in [3.05, 3.63) is 88.4 Å². The van der Waals surface area contributed by atoms with Gasteiger partial charge in [0.2, 0.25) is 0 Å². The second-order valence-corrected chi connectivity index (χ2v) is 10.7. The number of carbonyl (C=O) groups is 2. The Balaban J connectivity index is 1.22. The van der Waals surface area contributed by atoms with Crippen LogP contribution in [-0.2, 0) is 12.8 Å². The first-order chi connectivity index (χ1) is 18.0. The van der Waals surface area contributed by atoms with E-state index in [1.54, 1.807) is 0 Å². The molecule has 3 aromatic carbocycles. The molecule has 7 heteroatoms. The summed E-state index contributed by atoms with van der Waals surface area (Å²) in [5.41, 5.74) is 8.47. The van der Waals surface area contributed by atoms with E-state index in [0.717, 1.165) is 35.8 Å². The van der Waals surface area contributed by atoms with Crippen LogP contribution in [0.4, 0.5) is 10.8 Å². The zero-order valence-corrected chi connectivity index (χ0v) is 21.7. The molecular formula is C30H32N4O2S. The molecular weight excluding hydrogens is 480 g/mol. The molecule has 4 aromatic rings. The van der Waals surface area contributed by atoms with Crippen LogP contribution in [0.25, 0.3) is 10.8 Å². The van der Waals surface area contributed by atoms with Gasteiger partial charge in [-0.1, -0.05) is 61.0 Å². The highest BCUT2D eigenvalue weighted by Crippen LogP contribution is 2.29. The van der Waals surface area contributed by atoms with E-state index in [-0.39, 0.29) is 17.9 Å². The molecule has 6 nitrogen and oxygen atoms in total. The minimum atomic E-state index is -0.630. The van der Waals surface area contributed by atoms with Crippen molar-refractivity contribution in [1.82, 2.24) is 9.88 Å². The Bertz CT molecular complexity index is 1390. The Morgan fingerprint density at radius 2 is 1.70 bits per heavy atom. The molecule has 0 bridgehead atoms. The number of aryl methyl sites for hydroxylation is 1. The SMILES string of the molecule is NC(=O)c1nc(Nc2ccc3ccccc3c2)sc1CC(=O)c1ccc(CCCN2CCCCC2)cc1. The first-order valence-corrected chi connectivity index (χ1v) is 13.8. The Hall–Kier alpha value is -3.55. The number of amides is 1. The van der Waals surface area contributed by atoms with Crippen LogP contribution in [0.15, 0.2) is 66.7 Å². The van der Waals surface area contributed by atoms with Crippen LogP contribution in [0.2, 0.25) is 0 Å². The lowest BCUT2D eigenvalue weighted by atomic mass is 10.0. The predicted octanol–water partition coefficient (Wildman–Crippen LogP) is 5.98. The standard InChI is InChI=1S/C30H32N4O2S/c31-29(36)28-27(37-30(33-28)32-25-15-14-22-8-2-3-9-24(22)19-25)20-26(35)23-12-10-21(11-13-23)7-6-18-34-16-4-1-5-17-34/h2-3,8-15,19H,1,4-7,16-18,20H2,(H2,31,36)(H,32,33). The Morgan fingerprint density at radius 3 is 2.46 bits per heavy atom. The second-order valence-electron chi connectivity index (χ2n) is 9.64. The molecule has 3 N–H and O–H groups in total. The molecule has 0 spiro atoms. The maximum Gasteiger partial charge on any atom is 0.268 e. The summed E-state index contributed by atoms with van der Waals surface area (Å²) in [5.74, 6) is -0.682. The largest absolute Gasteiger partial charge is 0.364 e. The molecule has 1 saturated heterocycles. The molecule has 1 fully saturated rings. The number of aromatic nitrogens is 1. The van der Waals surface area contributed by atoms with E-state index in [0.29, 0.717) is 15.6 Å². The topological polar surface area (TPSA) is 88.3 Å². The molecule has 37 heavy (non-hydrogen) atoms. The summed E-state index contributed by atoms with van der Waals surface area (Å²) in [6.07, 6.45) is 6.21. The molecule has 1 aliphatic rings. The van der Waals surface area contributed by atoms with E-state index in [1.165, 1.54) is 49.3 Å².